The van der Waals surface area contributed by atoms with E-state index in [9.17, 15) is 13.6 Å². The van der Waals surface area contributed by atoms with Gasteiger partial charge in [0, 0.05) is 18.0 Å². The second-order valence-corrected chi connectivity index (χ2v) is 3.30. The maximum atomic E-state index is 13.0. The number of aromatic nitrogens is 1. The fourth-order valence-corrected chi connectivity index (χ4v) is 1.43. The summed E-state index contributed by atoms with van der Waals surface area (Å²) in [4.78, 5) is 11.5. The average molecular weight is 237 g/mol. The second-order valence-electron chi connectivity index (χ2n) is 3.30. The Labute approximate surface area is 95.9 Å². The summed E-state index contributed by atoms with van der Waals surface area (Å²) in [6.45, 7) is -0.917. The van der Waals surface area contributed by atoms with E-state index < -0.39 is 12.7 Å². The SMILES string of the molecule is O=c1ccc(F)cn1-c1ccc(OCF)cc1. The maximum Gasteiger partial charge on any atom is 0.255 e. The Morgan fingerprint density at radius 2 is 1.82 bits per heavy atom. The Morgan fingerprint density at radius 3 is 2.47 bits per heavy atom. The van der Waals surface area contributed by atoms with Gasteiger partial charge in [-0.2, -0.15) is 0 Å². The molecular formula is C12H9F2NO2. The molecule has 88 valence electrons. The predicted molar refractivity (Wildman–Crippen MR) is 58.6 cm³/mol. The minimum Gasteiger partial charge on any atom is -0.463 e. The van der Waals surface area contributed by atoms with Crippen LogP contribution >= 0.6 is 0 Å². The summed E-state index contributed by atoms with van der Waals surface area (Å²) in [7, 11) is 0. The molecule has 5 heteroatoms. The van der Waals surface area contributed by atoms with Gasteiger partial charge in [0.25, 0.3) is 5.56 Å². The molecule has 0 saturated carbocycles. The van der Waals surface area contributed by atoms with Crippen molar-refractivity contribution in [3.05, 3.63) is 58.8 Å². The topological polar surface area (TPSA) is 31.2 Å². The number of nitrogens with zero attached hydrogens (tertiary/aromatic N) is 1. The number of rotatable bonds is 3. The molecule has 0 aliphatic carbocycles. The lowest BCUT2D eigenvalue weighted by Gasteiger charge is -2.06. The number of hydrogen-bond acceptors (Lipinski definition) is 2. The first-order valence-corrected chi connectivity index (χ1v) is 4.88. The Hall–Kier alpha value is -2.17. The number of halogens is 2. The van der Waals surface area contributed by atoms with Crippen molar-refractivity contribution in [2.45, 2.75) is 0 Å². The molecule has 0 spiro atoms. The number of pyridine rings is 1. The molecular weight excluding hydrogens is 228 g/mol. The van der Waals surface area contributed by atoms with E-state index in [4.69, 9.17) is 0 Å². The molecule has 3 nitrogen and oxygen atoms in total. The summed E-state index contributed by atoms with van der Waals surface area (Å²) in [5.74, 6) is -0.158. The van der Waals surface area contributed by atoms with E-state index in [0.717, 1.165) is 22.9 Å². The van der Waals surface area contributed by atoms with E-state index in [0.29, 0.717) is 11.4 Å². The molecule has 0 amide bonds. The van der Waals surface area contributed by atoms with E-state index in [2.05, 4.69) is 4.74 Å². The molecule has 0 saturated heterocycles. The Kier molecular flexibility index (Phi) is 3.18. The first kappa shape index (κ1) is 11.3. The van der Waals surface area contributed by atoms with Gasteiger partial charge in [0.05, 0.1) is 0 Å². The van der Waals surface area contributed by atoms with Crippen LogP contribution in [0.1, 0.15) is 0 Å². The first-order valence-electron chi connectivity index (χ1n) is 4.88. The molecule has 0 bridgehead atoms. The van der Waals surface area contributed by atoms with Gasteiger partial charge in [-0.25, -0.2) is 8.78 Å². The zero-order chi connectivity index (χ0) is 12.3. The van der Waals surface area contributed by atoms with Crippen molar-refractivity contribution in [3.8, 4) is 11.4 Å². The van der Waals surface area contributed by atoms with Crippen LogP contribution in [0.15, 0.2) is 47.4 Å². The van der Waals surface area contributed by atoms with E-state index in [1.807, 2.05) is 0 Å². The lowest BCUT2D eigenvalue weighted by molar-refractivity contribution is 0.192. The van der Waals surface area contributed by atoms with E-state index in [1.54, 1.807) is 12.1 Å². The lowest BCUT2D eigenvalue weighted by atomic mass is 10.3. The molecule has 0 fully saturated rings. The smallest absolute Gasteiger partial charge is 0.255 e. The fourth-order valence-electron chi connectivity index (χ4n) is 1.43. The van der Waals surface area contributed by atoms with Gasteiger partial charge in [0.1, 0.15) is 11.6 Å². The molecule has 2 rings (SSSR count). The summed E-state index contributed by atoms with van der Waals surface area (Å²) in [6.07, 6.45) is 1.09. The van der Waals surface area contributed by atoms with Crippen molar-refractivity contribution in [2.24, 2.45) is 0 Å². The molecule has 1 heterocycles. The Morgan fingerprint density at radius 1 is 1.12 bits per heavy atom. The predicted octanol–water partition coefficient (Wildman–Crippen LogP) is 2.28. The van der Waals surface area contributed by atoms with Gasteiger partial charge in [-0.15, -0.1) is 0 Å². The average Bonchev–Trinajstić information content (AvgIpc) is 2.34. The van der Waals surface area contributed by atoms with Crippen LogP contribution in [0.2, 0.25) is 0 Å². The summed E-state index contributed by atoms with van der Waals surface area (Å²) in [5, 5.41) is 0. The van der Waals surface area contributed by atoms with Crippen LogP contribution in [-0.2, 0) is 0 Å². The van der Waals surface area contributed by atoms with E-state index in [1.165, 1.54) is 12.1 Å². The van der Waals surface area contributed by atoms with Crippen molar-refractivity contribution < 1.29 is 13.5 Å². The molecule has 0 radical (unpaired) electrons. The lowest BCUT2D eigenvalue weighted by Crippen LogP contribution is -2.16. The molecule has 0 aliphatic rings. The number of benzene rings is 1. The normalized spacial score (nSPS) is 10.2. The fraction of sp³-hybridized carbons (Fsp3) is 0.0833. The van der Waals surface area contributed by atoms with Gasteiger partial charge in [-0.3, -0.25) is 9.36 Å². The molecule has 17 heavy (non-hydrogen) atoms. The van der Waals surface area contributed by atoms with Gasteiger partial charge in [-0.1, -0.05) is 0 Å². The monoisotopic (exact) mass is 237 g/mol. The minimum atomic E-state index is -0.917. The van der Waals surface area contributed by atoms with Crippen molar-refractivity contribution in [3.63, 3.8) is 0 Å². The van der Waals surface area contributed by atoms with Gasteiger partial charge < -0.3 is 4.74 Å². The summed E-state index contributed by atoms with van der Waals surface area (Å²) in [5.41, 5.74) is 0.145. The summed E-state index contributed by atoms with van der Waals surface area (Å²) < 4.78 is 30.7. The second kappa shape index (κ2) is 4.78. The highest BCUT2D eigenvalue weighted by atomic mass is 19.1. The van der Waals surface area contributed by atoms with Crippen LogP contribution in [0.3, 0.4) is 0 Å². The Bertz CT molecular complexity index is 563. The third kappa shape index (κ3) is 2.50. The quantitative estimate of drug-likeness (QED) is 0.820. The zero-order valence-electron chi connectivity index (χ0n) is 8.77. The van der Waals surface area contributed by atoms with Crippen molar-refractivity contribution in [1.29, 1.82) is 0 Å². The van der Waals surface area contributed by atoms with Crippen LogP contribution in [0.4, 0.5) is 8.78 Å². The van der Waals surface area contributed by atoms with E-state index in [-0.39, 0.29) is 5.56 Å². The molecule has 1 aromatic carbocycles. The largest absolute Gasteiger partial charge is 0.463 e. The van der Waals surface area contributed by atoms with Crippen molar-refractivity contribution >= 4 is 0 Å². The minimum absolute atomic E-state index is 0.342. The summed E-state index contributed by atoms with van der Waals surface area (Å²) in [6, 6.07) is 8.34. The van der Waals surface area contributed by atoms with Gasteiger partial charge in [0.2, 0.25) is 6.86 Å². The highest BCUT2D eigenvalue weighted by Gasteiger charge is 2.01. The number of hydrogen-bond donors (Lipinski definition) is 0. The van der Waals surface area contributed by atoms with Crippen LogP contribution in [0, 0.1) is 5.82 Å². The highest BCUT2D eigenvalue weighted by Crippen LogP contribution is 2.14. The van der Waals surface area contributed by atoms with Gasteiger partial charge in [-0.05, 0) is 30.3 Å². The zero-order valence-corrected chi connectivity index (χ0v) is 8.77. The molecule has 0 unspecified atom stereocenters. The molecule has 0 aliphatic heterocycles. The third-order valence-electron chi connectivity index (χ3n) is 2.21. The number of ether oxygens (including phenoxy) is 1. The van der Waals surface area contributed by atoms with Gasteiger partial charge >= 0.3 is 0 Å². The standard InChI is InChI=1S/C12H9F2NO2/c13-8-17-11-4-2-10(3-5-11)15-7-9(14)1-6-12(15)16/h1-7H,8H2. The van der Waals surface area contributed by atoms with Crippen LogP contribution in [-0.4, -0.2) is 11.4 Å². The molecule has 0 N–H and O–H groups in total. The van der Waals surface area contributed by atoms with Crippen molar-refractivity contribution in [2.75, 3.05) is 6.86 Å². The van der Waals surface area contributed by atoms with Crippen LogP contribution in [0.25, 0.3) is 5.69 Å². The third-order valence-corrected chi connectivity index (χ3v) is 2.21. The van der Waals surface area contributed by atoms with Crippen LogP contribution in [0.5, 0.6) is 5.75 Å². The number of alkyl halides is 1. The van der Waals surface area contributed by atoms with Gasteiger partial charge in [0.15, 0.2) is 0 Å². The highest BCUT2D eigenvalue weighted by molar-refractivity contribution is 5.37. The molecule has 1 aromatic heterocycles. The van der Waals surface area contributed by atoms with Crippen LogP contribution < -0.4 is 10.3 Å². The first-order chi connectivity index (χ1) is 8.20. The van der Waals surface area contributed by atoms with E-state index >= 15 is 0 Å². The Balaban J connectivity index is 2.39. The summed E-state index contributed by atoms with van der Waals surface area (Å²) >= 11 is 0. The maximum absolute atomic E-state index is 13.0. The molecule has 2 aromatic rings. The molecule has 0 atom stereocenters. The van der Waals surface area contributed by atoms with Crippen molar-refractivity contribution in [1.82, 2.24) is 4.57 Å².